The minimum atomic E-state index is -1.68. The van der Waals surface area contributed by atoms with Crippen LogP contribution in [0, 0.1) is 12.3 Å². The van der Waals surface area contributed by atoms with E-state index in [2.05, 4.69) is 59.4 Å². The van der Waals surface area contributed by atoms with Gasteiger partial charge in [-0.3, -0.25) is 0 Å². The third-order valence-electron chi connectivity index (χ3n) is 4.77. The number of terminal acetylenes is 1. The van der Waals surface area contributed by atoms with Crippen molar-refractivity contribution in [2.75, 3.05) is 0 Å². The van der Waals surface area contributed by atoms with E-state index in [0.717, 1.165) is 25.7 Å². The average molecular weight is 327 g/mol. The predicted molar refractivity (Wildman–Crippen MR) is 96.5 cm³/mol. The first kappa shape index (κ1) is 19.0. The molecule has 0 unspecified atom stereocenters. The van der Waals surface area contributed by atoms with E-state index in [0.29, 0.717) is 6.10 Å². The molecule has 4 heteroatoms. The van der Waals surface area contributed by atoms with Crippen LogP contribution in [0.4, 0.5) is 0 Å². The van der Waals surface area contributed by atoms with E-state index in [1.165, 1.54) is 0 Å². The second kappa shape index (κ2) is 6.19. The maximum Gasteiger partial charge on any atom is 0.192 e. The number of rotatable bonds is 4. The zero-order valence-corrected chi connectivity index (χ0v) is 17.3. The van der Waals surface area contributed by atoms with Gasteiger partial charge >= 0.3 is 0 Å². The summed E-state index contributed by atoms with van der Waals surface area (Å²) in [6.45, 7) is 18.2. The molecule has 0 spiro atoms. The van der Waals surface area contributed by atoms with E-state index in [1.807, 2.05) is 0 Å². The SMILES string of the molecule is C#CC1(O[Si](C)(C)C)CCC(O[Si](C)(C)C(C)(C)C)CC1. The van der Waals surface area contributed by atoms with Crippen LogP contribution in [0.2, 0.25) is 37.8 Å². The summed E-state index contributed by atoms with van der Waals surface area (Å²) in [4.78, 5) is 0. The first-order valence-corrected chi connectivity index (χ1v) is 14.5. The van der Waals surface area contributed by atoms with Crippen LogP contribution in [-0.2, 0) is 8.85 Å². The molecule has 0 heterocycles. The predicted octanol–water partition coefficient (Wildman–Crippen LogP) is 5.17. The zero-order chi connectivity index (χ0) is 16.5. The lowest BCUT2D eigenvalue weighted by Gasteiger charge is -2.44. The maximum absolute atomic E-state index is 6.54. The van der Waals surface area contributed by atoms with Crippen molar-refractivity contribution in [3.05, 3.63) is 0 Å². The highest BCUT2D eigenvalue weighted by atomic mass is 28.4. The van der Waals surface area contributed by atoms with E-state index in [-0.39, 0.29) is 10.6 Å². The van der Waals surface area contributed by atoms with Gasteiger partial charge in [0.1, 0.15) is 5.60 Å². The zero-order valence-electron chi connectivity index (χ0n) is 15.3. The fraction of sp³-hybridized carbons (Fsp3) is 0.882. The Morgan fingerprint density at radius 3 is 1.86 bits per heavy atom. The second-order valence-corrected chi connectivity index (χ2v) is 18.1. The Balaban J connectivity index is 2.66. The topological polar surface area (TPSA) is 18.5 Å². The van der Waals surface area contributed by atoms with E-state index in [4.69, 9.17) is 15.3 Å². The van der Waals surface area contributed by atoms with E-state index < -0.39 is 16.6 Å². The lowest BCUT2D eigenvalue weighted by atomic mass is 9.84. The van der Waals surface area contributed by atoms with Gasteiger partial charge in [0.25, 0.3) is 0 Å². The number of hydrogen-bond donors (Lipinski definition) is 0. The molecular weight excluding hydrogens is 292 g/mol. The second-order valence-electron chi connectivity index (χ2n) is 8.93. The summed E-state index contributed by atoms with van der Waals surface area (Å²) in [5, 5.41) is 0.266. The third-order valence-corrected chi connectivity index (χ3v) is 10.3. The average Bonchev–Trinajstić information content (AvgIpc) is 2.28. The Hall–Kier alpha value is -0.0862. The van der Waals surface area contributed by atoms with Crippen LogP contribution in [0.3, 0.4) is 0 Å². The van der Waals surface area contributed by atoms with Crippen LogP contribution < -0.4 is 0 Å². The summed E-state index contributed by atoms with van der Waals surface area (Å²) >= 11 is 0. The van der Waals surface area contributed by atoms with Crippen molar-refractivity contribution < 1.29 is 8.85 Å². The molecule has 0 N–H and O–H groups in total. The molecule has 0 bridgehead atoms. The van der Waals surface area contributed by atoms with Crippen LogP contribution in [-0.4, -0.2) is 28.3 Å². The normalized spacial score (nSPS) is 28.2. The van der Waals surface area contributed by atoms with Crippen molar-refractivity contribution in [3.8, 4) is 12.3 Å². The van der Waals surface area contributed by atoms with Crippen LogP contribution in [0.15, 0.2) is 0 Å². The molecule has 1 rings (SSSR count). The van der Waals surface area contributed by atoms with Crippen LogP contribution >= 0.6 is 0 Å². The molecule has 0 amide bonds. The Morgan fingerprint density at radius 2 is 1.52 bits per heavy atom. The van der Waals surface area contributed by atoms with Gasteiger partial charge in [-0.25, -0.2) is 0 Å². The van der Waals surface area contributed by atoms with Gasteiger partial charge in [0.05, 0.1) is 0 Å². The van der Waals surface area contributed by atoms with Crippen molar-refractivity contribution in [3.63, 3.8) is 0 Å². The van der Waals surface area contributed by atoms with E-state index >= 15 is 0 Å². The van der Waals surface area contributed by atoms with Gasteiger partial charge < -0.3 is 8.85 Å². The summed E-state index contributed by atoms with van der Waals surface area (Å²) < 4.78 is 12.9. The van der Waals surface area contributed by atoms with Crippen molar-refractivity contribution in [1.82, 2.24) is 0 Å². The van der Waals surface area contributed by atoms with Gasteiger partial charge in [-0.15, -0.1) is 6.42 Å². The van der Waals surface area contributed by atoms with Gasteiger partial charge in [0.15, 0.2) is 16.6 Å². The highest BCUT2D eigenvalue weighted by Crippen LogP contribution is 2.41. The molecule has 1 aliphatic carbocycles. The fourth-order valence-electron chi connectivity index (χ4n) is 2.63. The van der Waals surface area contributed by atoms with Gasteiger partial charge in [-0.05, 0) is 63.5 Å². The summed E-state index contributed by atoms with van der Waals surface area (Å²) in [5.74, 6) is 2.96. The first-order valence-electron chi connectivity index (χ1n) is 8.16. The molecular formula is C17H34O2Si2. The van der Waals surface area contributed by atoms with Crippen LogP contribution in [0.5, 0.6) is 0 Å². The Morgan fingerprint density at radius 1 is 1.05 bits per heavy atom. The van der Waals surface area contributed by atoms with Gasteiger partial charge in [0, 0.05) is 6.10 Å². The molecule has 1 saturated carbocycles. The summed E-state index contributed by atoms with van der Waals surface area (Å²) in [6.07, 6.45) is 10.1. The molecule has 0 radical (unpaired) electrons. The fourth-order valence-corrected chi connectivity index (χ4v) is 5.49. The van der Waals surface area contributed by atoms with Crippen molar-refractivity contribution in [2.24, 2.45) is 0 Å². The van der Waals surface area contributed by atoms with Crippen LogP contribution in [0.1, 0.15) is 46.5 Å². The van der Waals surface area contributed by atoms with Crippen molar-refractivity contribution in [2.45, 2.75) is 95.9 Å². The molecule has 0 atom stereocenters. The number of hydrogen-bond acceptors (Lipinski definition) is 2. The molecule has 0 saturated heterocycles. The molecule has 0 aromatic rings. The minimum Gasteiger partial charge on any atom is -0.414 e. The van der Waals surface area contributed by atoms with Gasteiger partial charge in [-0.1, -0.05) is 26.7 Å². The molecule has 1 fully saturated rings. The van der Waals surface area contributed by atoms with Gasteiger partial charge in [-0.2, -0.15) is 0 Å². The third kappa shape index (κ3) is 5.24. The molecule has 1 aliphatic rings. The lowest BCUT2D eigenvalue weighted by molar-refractivity contribution is 0.0273. The summed E-state index contributed by atoms with van der Waals surface area (Å²) in [6, 6.07) is 0. The van der Waals surface area contributed by atoms with E-state index in [1.54, 1.807) is 0 Å². The lowest BCUT2D eigenvalue weighted by Crippen LogP contribution is -2.49. The largest absolute Gasteiger partial charge is 0.414 e. The van der Waals surface area contributed by atoms with Crippen LogP contribution in [0.25, 0.3) is 0 Å². The molecule has 0 aromatic carbocycles. The van der Waals surface area contributed by atoms with E-state index in [9.17, 15) is 0 Å². The molecule has 122 valence electrons. The van der Waals surface area contributed by atoms with Gasteiger partial charge in [0.2, 0.25) is 0 Å². The molecule has 2 nitrogen and oxygen atoms in total. The van der Waals surface area contributed by atoms with Crippen molar-refractivity contribution in [1.29, 1.82) is 0 Å². The summed E-state index contributed by atoms with van der Waals surface area (Å²) in [5.41, 5.74) is -0.336. The Kier molecular flexibility index (Phi) is 5.59. The highest BCUT2D eigenvalue weighted by molar-refractivity contribution is 6.74. The quantitative estimate of drug-likeness (QED) is 0.524. The first-order chi connectivity index (χ1) is 9.30. The molecule has 0 aromatic heterocycles. The summed E-state index contributed by atoms with van der Waals surface area (Å²) in [7, 11) is -3.29. The maximum atomic E-state index is 6.54. The Labute approximate surface area is 134 Å². The molecule has 21 heavy (non-hydrogen) atoms. The minimum absolute atomic E-state index is 0.266. The standard InChI is InChI=1S/C17H34O2Si2/c1-10-17(19-20(5,6)7)13-11-15(12-14-17)18-21(8,9)16(2,3)4/h1,15H,11-14H2,2-9H3. The Bertz CT molecular complexity index is 388. The van der Waals surface area contributed by atoms with Crippen molar-refractivity contribution >= 4 is 16.6 Å². The molecule has 0 aliphatic heterocycles. The highest BCUT2D eigenvalue weighted by Gasteiger charge is 2.43. The smallest absolute Gasteiger partial charge is 0.192 e. The monoisotopic (exact) mass is 326 g/mol.